The van der Waals surface area contributed by atoms with Crippen LogP contribution in [0.25, 0.3) is 0 Å². The number of nitrogens with one attached hydrogen (secondary N) is 1. The van der Waals surface area contributed by atoms with Crippen LogP contribution in [-0.4, -0.2) is 65.0 Å². The molecule has 0 spiro atoms. The Kier molecular flexibility index (Phi) is 9.10. The highest BCUT2D eigenvalue weighted by molar-refractivity contribution is 5.79. The maximum absolute atomic E-state index is 5.75. The SMILES string of the molecule is CN=C(NCCCOc1ccc(OC)cc1)N(C)CCC1CCOCC1. The highest BCUT2D eigenvalue weighted by Crippen LogP contribution is 2.18. The van der Waals surface area contributed by atoms with E-state index < -0.39 is 0 Å². The van der Waals surface area contributed by atoms with Crippen LogP contribution in [0, 0.1) is 5.92 Å². The summed E-state index contributed by atoms with van der Waals surface area (Å²) < 4.78 is 16.3. The quantitative estimate of drug-likeness (QED) is 0.415. The summed E-state index contributed by atoms with van der Waals surface area (Å²) in [5.41, 5.74) is 0. The summed E-state index contributed by atoms with van der Waals surface area (Å²) in [5, 5.41) is 3.41. The maximum Gasteiger partial charge on any atom is 0.193 e. The number of ether oxygens (including phenoxy) is 3. The number of nitrogens with zero attached hydrogens (tertiary/aromatic N) is 2. The number of hydrogen-bond donors (Lipinski definition) is 1. The van der Waals surface area contributed by atoms with Crippen LogP contribution < -0.4 is 14.8 Å². The van der Waals surface area contributed by atoms with Crippen molar-refractivity contribution in [2.75, 3.05) is 54.1 Å². The average molecular weight is 364 g/mol. The summed E-state index contributed by atoms with van der Waals surface area (Å²) in [6, 6.07) is 7.66. The minimum atomic E-state index is 0.669. The summed E-state index contributed by atoms with van der Waals surface area (Å²) in [5.74, 6) is 3.43. The molecule has 1 N–H and O–H groups in total. The Morgan fingerprint density at radius 2 is 1.92 bits per heavy atom. The van der Waals surface area contributed by atoms with Crippen molar-refractivity contribution in [3.63, 3.8) is 0 Å². The zero-order valence-corrected chi connectivity index (χ0v) is 16.4. The predicted octanol–water partition coefficient (Wildman–Crippen LogP) is 2.79. The zero-order chi connectivity index (χ0) is 18.6. The summed E-state index contributed by atoms with van der Waals surface area (Å²) in [4.78, 5) is 6.59. The van der Waals surface area contributed by atoms with Crippen LogP contribution in [0.5, 0.6) is 11.5 Å². The molecule has 6 nitrogen and oxygen atoms in total. The van der Waals surface area contributed by atoms with Gasteiger partial charge >= 0.3 is 0 Å². The van der Waals surface area contributed by atoms with Gasteiger partial charge < -0.3 is 24.4 Å². The van der Waals surface area contributed by atoms with Gasteiger partial charge in [0.1, 0.15) is 11.5 Å². The summed E-state index contributed by atoms with van der Waals surface area (Å²) >= 11 is 0. The van der Waals surface area contributed by atoms with Gasteiger partial charge in [-0.3, -0.25) is 4.99 Å². The number of rotatable bonds is 9. The Morgan fingerprint density at radius 1 is 1.23 bits per heavy atom. The van der Waals surface area contributed by atoms with Gasteiger partial charge in [0.05, 0.1) is 13.7 Å². The monoisotopic (exact) mass is 363 g/mol. The van der Waals surface area contributed by atoms with Crippen LogP contribution in [0.1, 0.15) is 25.7 Å². The smallest absolute Gasteiger partial charge is 0.193 e. The van der Waals surface area contributed by atoms with Crippen molar-refractivity contribution in [1.29, 1.82) is 0 Å². The van der Waals surface area contributed by atoms with Gasteiger partial charge in [-0.05, 0) is 55.9 Å². The van der Waals surface area contributed by atoms with Gasteiger partial charge in [0.25, 0.3) is 0 Å². The fourth-order valence-electron chi connectivity index (χ4n) is 3.04. The molecular formula is C20H33N3O3. The molecule has 1 heterocycles. The second-order valence-corrected chi connectivity index (χ2v) is 6.62. The fourth-order valence-corrected chi connectivity index (χ4v) is 3.04. The molecule has 1 aromatic carbocycles. The molecule has 146 valence electrons. The third-order valence-electron chi connectivity index (χ3n) is 4.72. The lowest BCUT2D eigenvalue weighted by Crippen LogP contribution is -2.40. The molecule has 0 unspecified atom stereocenters. The van der Waals surface area contributed by atoms with Gasteiger partial charge in [0, 0.05) is 40.4 Å². The topological polar surface area (TPSA) is 55.3 Å². The van der Waals surface area contributed by atoms with E-state index in [0.29, 0.717) is 6.61 Å². The Labute approximate surface area is 157 Å². The van der Waals surface area contributed by atoms with Crippen molar-refractivity contribution in [3.05, 3.63) is 24.3 Å². The molecule has 0 aliphatic carbocycles. The van der Waals surface area contributed by atoms with Crippen LogP contribution in [-0.2, 0) is 4.74 Å². The van der Waals surface area contributed by atoms with E-state index in [2.05, 4.69) is 22.3 Å². The molecule has 26 heavy (non-hydrogen) atoms. The van der Waals surface area contributed by atoms with Crippen molar-refractivity contribution in [1.82, 2.24) is 10.2 Å². The Hall–Kier alpha value is -1.95. The minimum absolute atomic E-state index is 0.669. The molecule has 1 aliphatic rings. The molecule has 0 radical (unpaired) electrons. The number of benzene rings is 1. The number of hydrogen-bond acceptors (Lipinski definition) is 4. The van der Waals surface area contributed by atoms with E-state index in [4.69, 9.17) is 14.2 Å². The Bertz CT molecular complexity index is 528. The first kappa shape index (κ1) is 20.4. The van der Waals surface area contributed by atoms with Crippen molar-refractivity contribution in [2.24, 2.45) is 10.9 Å². The van der Waals surface area contributed by atoms with Gasteiger partial charge in [-0.15, -0.1) is 0 Å². The van der Waals surface area contributed by atoms with Crippen molar-refractivity contribution >= 4 is 5.96 Å². The van der Waals surface area contributed by atoms with Crippen molar-refractivity contribution in [2.45, 2.75) is 25.7 Å². The minimum Gasteiger partial charge on any atom is -0.497 e. The zero-order valence-electron chi connectivity index (χ0n) is 16.4. The largest absolute Gasteiger partial charge is 0.497 e. The van der Waals surface area contributed by atoms with E-state index in [9.17, 15) is 0 Å². The molecule has 0 atom stereocenters. The molecule has 1 fully saturated rings. The van der Waals surface area contributed by atoms with E-state index in [1.165, 1.54) is 19.3 Å². The lowest BCUT2D eigenvalue weighted by Gasteiger charge is -2.26. The summed E-state index contributed by atoms with van der Waals surface area (Å²) in [6.07, 6.45) is 4.48. The molecule has 6 heteroatoms. The fraction of sp³-hybridized carbons (Fsp3) is 0.650. The van der Waals surface area contributed by atoms with Crippen molar-refractivity contribution in [3.8, 4) is 11.5 Å². The van der Waals surface area contributed by atoms with E-state index in [-0.39, 0.29) is 0 Å². The van der Waals surface area contributed by atoms with Gasteiger partial charge in [0.15, 0.2) is 5.96 Å². The number of aliphatic imine (C=N–C) groups is 1. The average Bonchev–Trinajstić information content (AvgIpc) is 2.70. The summed E-state index contributed by atoms with van der Waals surface area (Å²) in [7, 11) is 5.60. The van der Waals surface area contributed by atoms with Crippen LogP contribution >= 0.6 is 0 Å². The van der Waals surface area contributed by atoms with Gasteiger partial charge in [0.2, 0.25) is 0 Å². The first-order chi connectivity index (χ1) is 12.7. The first-order valence-electron chi connectivity index (χ1n) is 9.49. The summed E-state index contributed by atoms with van der Waals surface area (Å²) in [6.45, 7) is 4.35. The Morgan fingerprint density at radius 3 is 2.58 bits per heavy atom. The van der Waals surface area contributed by atoms with E-state index in [1.54, 1.807) is 7.11 Å². The van der Waals surface area contributed by atoms with E-state index in [0.717, 1.165) is 56.1 Å². The lowest BCUT2D eigenvalue weighted by molar-refractivity contribution is 0.0625. The lowest BCUT2D eigenvalue weighted by atomic mass is 9.96. The Balaban J connectivity index is 1.59. The van der Waals surface area contributed by atoms with Crippen molar-refractivity contribution < 1.29 is 14.2 Å². The molecule has 2 rings (SSSR count). The van der Waals surface area contributed by atoms with Crippen LogP contribution in [0.3, 0.4) is 0 Å². The number of guanidine groups is 1. The highest BCUT2D eigenvalue weighted by Gasteiger charge is 2.15. The first-order valence-corrected chi connectivity index (χ1v) is 9.49. The molecular weight excluding hydrogens is 330 g/mol. The van der Waals surface area contributed by atoms with Crippen LogP contribution in [0.2, 0.25) is 0 Å². The van der Waals surface area contributed by atoms with E-state index >= 15 is 0 Å². The van der Waals surface area contributed by atoms with Crippen LogP contribution in [0.4, 0.5) is 0 Å². The molecule has 0 bridgehead atoms. The van der Waals surface area contributed by atoms with Gasteiger partial charge in [-0.1, -0.05) is 0 Å². The predicted molar refractivity (Wildman–Crippen MR) is 105 cm³/mol. The second-order valence-electron chi connectivity index (χ2n) is 6.62. The van der Waals surface area contributed by atoms with Gasteiger partial charge in [-0.25, -0.2) is 0 Å². The molecule has 1 aromatic rings. The standard InChI is InChI=1S/C20H33N3O3/c1-21-20(23(2)13-9-17-10-15-25-16-11-17)22-12-4-14-26-19-7-5-18(24-3)6-8-19/h5-8,17H,4,9-16H2,1-3H3,(H,21,22). The molecule has 1 aliphatic heterocycles. The normalized spacial score (nSPS) is 15.6. The third-order valence-corrected chi connectivity index (χ3v) is 4.72. The molecule has 0 saturated carbocycles. The number of methoxy groups -OCH3 is 1. The highest BCUT2D eigenvalue weighted by atomic mass is 16.5. The second kappa shape index (κ2) is 11.6. The molecule has 1 saturated heterocycles. The van der Waals surface area contributed by atoms with E-state index in [1.807, 2.05) is 31.3 Å². The third kappa shape index (κ3) is 7.12. The maximum atomic E-state index is 5.75. The van der Waals surface area contributed by atoms with Gasteiger partial charge in [-0.2, -0.15) is 0 Å². The van der Waals surface area contributed by atoms with Crippen LogP contribution in [0.15, 0.2) is 29.3 Å². The molecule has 0 aromatic heterocycles. The molecule has 0 amide bonds.